The number of rotatable bonds is 29. The van der Waals surface area contributed by atoms with Gasteiger partial charge >= 0.3 is 12.2 Å². The van der Waals surface area contributed by atoms with Crippen LogP contribution in [0.2, 0.25) is 0 Å². The normalized spacial score (nSPS) is 13.1. The summed E-state index contributed by atoms with van der Waals surface area (Å²) >= 11 is 0. The topological polar surface area (TPSA) is 171 Å². The average molecular weight is 793 g/mol. The van der Waals surface area contributed by atoms with Gasteiger partial charge in [-0.2, -0.15) is 0 Å². The van der Waals surface area contributed by atoms with Gasteiger partial charge in [0.05, 0.1) is 84.9 Å². The van der Waals surface area contributed by atoms with Crippen LogP contribution >= 0.6 is 0 Å². The molecule has 0 aromatic carbocycles. The Morgan fingerprint density at radius 2 is 0.945 bits per heavy atom. The monoisotopic (exact) mass is 793 g/mol. The Bertz CT molecular complexity index is 951. The summed E-state index contributed by atoms with van der Waals surface area (Å²) in [6.45, 7) is 31.2. The molecule has 15 heteroatoms. The molecular formula is C40H80N4O11. The standard InChI is InChI=1S/C30H57N3O10.C10H23NO/c1-29(2,3)42-27(34)31-9-13-36-17-21-40-23-19-38-15-11-33(25-26-7-8-26)12-16-39-20-24-41-22-18-37-14-10-32-28(35)43-30(4,5)6;1-9(2,3)6-7-12-10(4,5)8-11/h25H,7-24H2,1-6H3,(H,31,34)(H,32,35);6-8,11H2,1-5H3. The Kier molecular flexibility index (Phi) is 28.7. The second kappa shape index (κ2) is 29.9. The molecule has 0 bridgehead atoms. The maximum Gasteiger partial charge on any atom is 0.407 e. The van der Waals surface area contributed by atoms with Crippen molar-refractivity contribution in [2.45, 2.75) is 112 Å². The van der Waals surface area contributed by atoms with Gasteiger partial charge in [-0.15, -0.1) is 0 Å². The summed E-state index contributed by atoms with van der Waals surface area (Å²) < 4.78 is 49.3. The van der Waals surface area contributed by atoms with Crippen LogP contribution in [-0.4, -0.2) is 153 Å². The minimum absolute atomic E-state index is 0.161. The van der Waals surface area contributed by atoms with Crippen LogP contribution in [0.5, 0.6) is 0 Å². The predicted octanol–water partition coefficient (Wildman–Crippen LogP) is 5.29. The molecule has 1 rings (SSSR count). The molecule has 0 spiro atoms. The zero-order valence-corrected chi connectivity index (χ0v) is 36.4. The quantitative estimate of drug-likeness (QED) is 0.0836. The van der Waals surface area contributed by atoms with E-state index in [1.54, 1.807) is 0 Å². The van der Waals surface area contributed by atoms with Crippen molar-refractivity contribution < 1.29 is 52.2 Å². The van der Waals surface area contributed by atoms with E-state index in [-0.39, 0.29) is 5.60 Å². The lowest BCUT2D eigenvalue weighted by Gasteiger charge is -2.26. The zero-order chi connectivity index (χ0) is 41.6. The highest BCUT2D eigenvalue weighted by molar-refractivity contribution is 5.67. The highest BCUT2D eigenvalue weighted by atomic mass is 16.6. The SMILES string of the molecule is CC(C)(C)CCOC(C)(C)CN.CC(C)(C)OC(=O)NCCOCCOCCOCCN(C=C1CC1)CCOCCOCCOCCNC(=O)OC(C)(C)C. The van der Waals surface area contributed by atoms with Crippen molar-refractivity contribution in [1.29, 1.82) is 0 Å². The molecule has 4 N–H and O–H groups in total. The Labute approximate surface area is 333 Å². The number of carbonyl (C=O) groups is 2. The average Bonchev–Trinajstić information content (AvgIpc) is 3.87. The first kappa shape index (κ1) is 52.8. The van der Waals surface area contributed by atoms with Crippen molar-refractivity contribution >= 4 is 12.2 Å². The Balaban J connectivity index is 0.00000207. The van der Waals surface area contributed by atoms with Crippen LogP contribution in [0.4, 0.5) is 9.59 Å². The second-order valence-electron chi connectivity index (χ2n) is 17.0. The maximum absolute atomic E-state index is 11.5. The largest absolute Gasteiger partial charge is 0.444 e. The van der Waals surface area contributed by atoms with Crippen molar-refractivity contribution in [3.63, 3.8) is 0 Å². The molecule has 2 amide bonds. The lowest BCUT2D eigenvalue weighted by Crippen LogP contribution is -2.34. The van der Waals surface area contributed by atoms with Gasteiger partial charge in [-0.05, 0) is 86.3 Å². The van der Waals surface area contributed by atoms with E-state index in [1.807, 2.05) is 55.4 Å². The zero-order valence-electron chi connectivity index (χ0n) is 36.4. The molecule has 1 aliphatic carbocycles. The molecule has 0 saturated heterocycles. The van der Waals surface area contributed by atoms with E-state index in [0.717, 1.165) is 39.0 Å². The number of ether oxygens (including phenoxy) is 9. The molecule has 0 radical (unpaired) electrons. The van der Waals surface area contributed by atoms with Gasteiger partial charge in [0.2, 0.25) is 0 Å². The van der Waals surface area contributed by atoms with Gasteiger partial charge in [0.15, 0.2) is 0 Å². The fraction of sp³-hybridized carbons (Fsp3) is 0.900. The Morgan fingerprint density at radius 1 is 0.582 bits per heavy atom. The number of nitrogens with zero attached hydrogens (tertiary/aromatic N) is 1. The number of nitrogens with one attached hydrogen (secondary N) is 2. The third-order valence-corrected chi connectivity index (χ3v) is 7.10. The van der Waals surface area contributed by atoms with E-state index >= 15 is 0 Å². The van der Waals surface area contributed by atoms with Crippen LogP contribution in [0.3, 0.4) is 0 Å². The van der Waals surface area contributed by atoms with Crippen LogP contribution in [0.1, 0.15) is 95.4 Å². The van der Waals surface area contributed by atoms with Gasteiger partial charge in [0, 0.05) is 39.3 Å². The van der Waals surface area contributed by atoms with Crippen molar-refractivity contribution in [3.8, 4) is 0 Å². The second-order valence-corrected chi connectivity index (χ2v) is 17.0. The van der Waals surface area contributed by atoms with Crippen LogP contribution in [0.15, 0.2) is 11.8 Å². The van der Waals surface area contributed by atoms with Gasteiger partial charge in [-0.25, -0.2) is 9.59 Å². The van der Waals surface area contributed by atoms with Crippen LogP contribution < -0.4 is 16.4 Å². The maximum atomic E-state index is 11.5. The number of carbonyl (C=O) groups excluding carboxylic acids is 2. The lowest BCUT2D eigenvalue weighted by molar-refractivity contribution is -0.0208. The number of hydrogen-bond acceptors (Lipinski definition) is 13. The minimum atomic E-state index is -0.511. The fourth-order valence-electron chi connectivity index (χ4n) is 3.92. The van der Waals surface area contributed by atoms with E-state index in [0.29, 0.717) is 104 Å². The first-order valence-electron chi connectivity index (χ1n) is 19.9. The summed E-state index contributed by atoms with van der Waals surface area (Å²) in [6, 6.07) is 0. The van der Waals surface area contributed by atoms with E-state index in [4.69, 9.17) is 48.4 Å². The molecule has 0 heterocycles. The number of nitrogens with two attached hydrogens (primary N) is 1. The molecule has 0 aromatic heterocycles. The summed E-state index contributed by atoms with van der Waals surface area (Å²) in [5, 5.41) is 5.29. The van der Waals surface area contributed by atoms with Gasteiger partial charge < -0.3 is 63.9 Å². The molecule has 0 atom stereocenters. The van der Waals surface area contributed by atoms with E-state index < -0.39 is 23.4 Å². The molecular weight excluding hydrogens is 712 g/mol. The van der Waals surface area contributed by atoms with Crippen molar-refractivity contribution in [1.82, 2.24) is 15.5 Å². The molecule has 326 valence electrons. The first-order valence-corrected chi connectivity index (χ1v) is 19.9. The fourth-order valence-corrected chi connectivity index (χ4v) is 3.92. The highest BCUT2D eigenvalue weighted by Crippen LogP contribution is 2.27. The molecule has 15 nitrogen and oxygen atoms in total. The first-order chi connectivity index (χ1) is 25.7. The number of allylic oxidation sites excluding steroid dienone is 1. The van der Waals surface area contributed by atoms with Crippen molar-refractivity contribution in [3.05, 3.63) is 11.8 Å². The van der Waals surface area contributed by atoms with E-state index in [2.05, 4.69) is 42.5 Å². The molecule has 1 saturated carbocycles. The third-order valence-electron chi connectivity index (χ3n) is 7.10. The van der Waals surface area contributed by atoms with E-state index in [9.17, 15) is 9.59 Å². The molecule has 1 aliphatic rings. The summed E-state index contributed by atoms with van der Waals surface area (Å²) in [5.41, 5.74) is 6.15. The van der Waals surface area contributed by atoms with Crippen LogP contribution in [0.25, 0.3) is 0 Å². The molecule has 0 aromatic rings. The van der Waals surface area contributed by atoms with Gasteiger partial charge in [0.1, 0.15) is 11.2 Å². The van der Waals surface area contributed by atoms with Gasteiger partial charge in [-0.1, -0.05) is 26.3 Å². The third kappa shape index (κ3) is 41.2. The summed E-state index contributed by atoms with van der Waals surface area (Å²) in [7, 11) is 0. The Morgan fingerprint density at radius 3 is 1.27 bits per heavy atom. The van der Waals surface area contributed by atoms with Crippen LogP contribution in [-0.2, 0) is 42.6 Å². The molecule has 0 aliphatic heterocycles. The Hall–Kier alpha value is -2.24. The lowest BCUT2D eigenvalue weighted by atomic mass is 9.93. The smallest absolute Gasteiger partial charge is 0.407 e. The number of alkyl carbamates (subject to hydrolysis) is 2. The molecule has 55 heavy (non-hydrogen) atoms. The minimum Gasteiger partial charge on any atom is -0.444 e. The highest BCUT2D eigenvalue weighted by Gasteiger charge is 2.18. The summed E-state index contributed by atoms with van der Waals surface area (Å²) in [5.74, 6) is 0. The van der Waals surface area contributed by atoms with Crippen LogP contribution in [0, 0.1) is 5.41 Å². The number of amides is 2. The molecule has 0 unspecified atom stereocenters. The van der Waals surface area contributed by atoms with Crippen molar-refractivity contribution in [2.24, 2.45) is 11.1 Å². The van der Waals surface area contributed by atoms with Gasteiger partial charge in [0.25, 0.3) is 0 Å². The van der Waals surface area contributed by atoms with E-state index in [1.165, 1.54) is 5.57 Å². The number of hydrogen-bond donors (Lipinski definition) is 3. The van der Waals surface area contributed by atoms with Gasteiger partial charge in [-0.3, -0.25) is 0 Å². The molecule has 1 fully saturated rings. The van der Waals surface area contributed by atoms with Crippen molar-refractivity contribution in [2.75, 3.05) is 119 Å². The summed E-state index contributed by atoms with van der Waals surface area (Å²) in [4.78, 5) is 25.3. The summed E-state index contributed by atoms with van der Waals surface area (Å²) in [6.07, 6.45) is 4.73. The predicted molar refractivity (Wildman–Crippen MR) is 215 cm³/mol.